The van der Waals surface area contributed by atoms with Crippen molar-refractivity contribution in [3.05, 3.63) is 29.8 Å². The molecule has 2 saturated heterocycles. The van der Waals surface area contributed by atoms with E-state index >= 15 is 0 Å². The second-order valence-corrected chi connectivity index (χ2v) is 12.2. The van der Waals surface area contributed by atoms with E-state index in [1.165, 1.54) is 12.3 Å². The second-order valence-electron chi connectivity index (χ2n) is 10.2. The van der Waals surface area contributed by atoms with Gasteiger partial charge >= 0.3 is 6.18 Å². The number of rotatable bonds is 4. The quantitative estimate of drug-likeness (QED) is 0.660. The van der Waals surface area contributed by atoms with Crippen molar-refractivity contribution in [2.24, 2.45) is 5.41 Å². The van der Waals surface area contributed by atoms with Crippen molar-refractivity contribution >= 4 is 9.84 Å². The summed E-state index contributed by atoms with van der Waals surface area (Å²) in [5, 5.41) is 4.60. The molecule has 1 spiro atoms. The van der Waals surface area contributed by atoms with Gasteiger partial charge in [0, 0.05) is 41.7 Å². The minimum atomic E-state index is -4.48. The van der Waals surface area contributed by atoms with Crippen LogP contribution < -0.4 is 0 Å². The van der Waals surface area contributed by atoms with Gasteiger partial charge in [0.15, 0.2) is 15.7 Å². The van der Waals surface area contributed by atoms with Crippen LogP contribution in [-0.4, -0.2) is 63.7 Å². The van der Waals surface area contributed by atoms with Gasteiger partial charge in [0.05, 0.1) is 11.5 Å². The summed E-state index contributed by atoms with van der Waals surface area (Å²) < 4.78 is 63.8. The lowest BCUT2D eigenvalue weighted by Gasteiger charge is -2.38. The van der Waals surface area contributed by atoms with Crippen LogP contribution in [0.3, 0.4) is 0 Å². The second kappa shape index (κ2) is 7.76. The molecule has 0 aromatic carbocycles. The predicted molar refractivity (Wildman–Crippen MR) is 116 cm³/mol. The molecular weight excluding hydrogens is 455 g/mol. The van der Waals surface area contributed by atoms with E-state index in [2.05, 4.69) is 15.0 Å². The van der Waals surface area contributed by atoms with Gasteiger partial charge in [-0.25, -0.2) is 18.1 Å². The molecule has 5 rings (SSSR count). The number of alkyl halides is 3. The maximum Gasteiger partial charge on any atom is 0.433 e. The minimum Gasteiger partial charge on any atom is -0.300 e. The standard InChI is InChI=1S/C22H28F3N5O2S/c1-14(2)30-20(27-19(28-30)16-4-6-18(26-10-16)22(23,24)25)15-3-5-17(9-15)29-8-7-21(11-29)12-33(31,32)13-21/h4,6,10,14-15,17H,3,5,7-9,11-13H2,1-2H3/t15-,17+/m1/s1. The Morgan fingerprint density at radius 1 is 1.18 bits per heavy atom. The lowest BCUT2D eigenvalue weighted by Crippen LogP contribution is -2.50. The third-order valence-electron chi connectivity index (χ3n) is 7.27. The van der Waals surface area contributed by atoms with Crippen molar-refractivity contribution in [3.8, 4) is 11.4 Å². The van der Waals surface area contributed by atoms with Crippen molar-refractivity contribution in [2.75, 3.05) is 24.6 Å². The summed E-state index contributed by atoms with van der Waals surface area (Å²) in [7, 11) is -2.84. The smallest absolute Gasteiger partial charge is 0.300 e. The average molecular weight is 484 g/mol. The molecule has 2 atom stereocenters. The van der Waals surface area contributed by atoms with E-state index in [1.807, 2.05) is 18.5 Å². The fraction of sp³-hybridized carbons (Fsp3) is 0.682. The summed E-state index contributed by atoms with van der Waals surface area (Å²) in [6.07, 6.45) is 0.559. The average Bonchev–Trinajstić information content (AvgIpc) is 3.44. The zero-order valence-corrected chi connectivity index (χ0v) is 19.5. The number of sulfone groups is 1. The Hall–Kier alpha value is -2.01. The molecule has 1 aliphatic carbocycles. The van der Waals surface area contributed by atoms with Crippen LogP contribution in [-0.2, 0) is 16.0 Å². The van der Waals surface area contributed by atoms with Crippen LogP contribution in [0.15, 0.2) is 18.3 Å². The molecule has 180 valence electrons. The molecule has 33 heavy (non-hydrogen) atoms. The van der Waals surface area contributed by atoms with E-state index in [-0.39, 0.29) is 17.4 Å². The first-order chi connectivity index (χ1) is 15.4. The van der Waals surface area contributed by atoms with Crippen molar-refractivity contribution in [1.82, 2.24) is 24.6 Å². The third kappa shape index (κ3) is 4.29. The molecule has 2 aliphatic heterocycles. The number of nitrogens with zero attached hydrogens (tertiary/aromatic N) is 5. The number of pyridine rings is 1. The molecule has 2 aromatic heterocycles. The molecule has 0 N–H and O–H groups in total. The maximum atomic E-state index is 12.8. The maximum absolute atomic E-state index is 12.8. The van der Waals surface area contributed by atoms with Crippen LogP contribution in [0.1, 0.15) is 63.0 Å². The van der Waals surface area contributed by atoms with E-state index in [4.69, 9.17) is 4.98 Å². The Morgan fingerprint density at radius 2 is 1.94 bits per heavy atom. The highest BCUT2D eigenvalue weighted by molar-refractivity contribution is 7.92. The molecule has 3 fully saturated rings. The van der Waals surface area contributed by atoms with Crippen molar-refractivity contribution < 1.29 is 21.6 Å². The van der Waals surface area contributed by atoms with Gasteiger partial charge in [0.2, 0.25) is 0 Å². The molecule has 3 aliphatic rings. The topological polar surface area (TPSA) is 81.0 Å². The highest BCUT2D eigenvalue weighted by Gasteiger charge is 2.53. The lowest BCUT2D eigenvalue weighted by molar-refractivity contribution is -0.141. The van der Waals surface area contributed by atoms with E-state index in [0.717, 1.165) is 50.7 Å². The Labute approximate surface area is 191 Å². The molecule has 7 nitrogen and oxygen atoms in total. The summed E-state index contributed by atoms with van der Waals surface area (Å²) >= 11 is 0. The monoisotopic (exact) mass is 483 g/mol. The van der Waals surface area contributed by atoms with Crippen molar-refractivity contribution in [1.29, 1.82) is 0 Å². The Kier molecular flexibility index (Phi) is 5.35. The van der Waals surface area contributed by atoms with Crippen LogP contribution in [0.5, 0.6) is 0 Å². The third-order valence-corrected chi connectivity index (χ3v) is 9.37. The van der Waals surface area contributed by atoms with Gasteiger partial charge in [-0.05, 0) is 58.2 Å². The molecular formula is C22H28F3N5O2S. The molecule has 2 aromatic rings. The van der Waals surface area contributed by atoms with Gasteiger partial charge in [-0.1, -0.05) is 0 Å². The van der Waals surface area contributed by atoms with Gasteiger partial charge in [0.25, 0.3) is 0 Å². The van der Waals surface area contributed by atoms with Crippen molar-refractivity contribution in [3.63, 3.8) is 0 Å². The minimum absolute atomic E-state index is 0.0440. The molecule has 0 amide bonds. The van der Waals surface area contributed by atoms with Gasteiger partial charge in [0.1, 0.15) is 11.5 Å². The molecule has 4 heterocycles. The van der Waals surface area contributed by atoms with Crippen LogP contribution >= 0.6 is 0 Å². The number of aromatic nitrogens is 4. The SMILES string of the molecule is CC(C)n1nc(-c2ccc(C(F)(F)F)nc2)nc1[C@@H]1CC[C@H](N2CCC3(C2)CS(=O)(=O)C3)C1. The van der Waals surface area contributed by atoms with Gasteiger partial charge in [-0.15, -0.1) is 0 Å². The number of likely N-dealkylation sites (tertiary alicyclic amines) is 1. The largest absolute Gasteiger partial charge is 0.433 e. The molecule has 1 saturated carbocycles. The Morgan fingerprint density at radius 3 is 2.55 bits per heavy atom. The molecule has 0 unspecified atom stereocenters. The summed E-state index contributed by atoms with van der Waals surface area (Å²) in [5.74, 6) is 2.10. The summed E-state index contributed by atoms with van der Waals surface area (Å²) in [6.45, 7) is 5.82. The van der Waals surface area contributed by atoms with E-state index in [0.29, 0.717) is 28.9 Å². The van der Waals surface area contributed by atoms with Gasteiger partial charge in [-0.2, -0.15) is 18.3 Å². The molecule has 11 heteroatoms. The highest BCUT2D eigenvalue weighted by atomic mass is 32.2. The highest BCUT2D eigenvalue weighted by Crippen LogP contribution is 2.45. The van der Waals surface area contributed by atoms with Crippen LogP contribution in [0, 0.1) is 5.41 Å². The summed E-state index contributed by atoms with van der Waals surface area (Å²) in [6, 6.07) is 2.79. The zero-order valence-electron chi connectivity index (χ0n) is 18.7. The van der Waals surface area contributed by atoms with Crippen molar-refractivity contribution in [2.45, 2.75) is 63.7 Å². The predicted octanol–water partition coefficient (Wildman–Crippen LogP) is 3.70. The van der Waals surface area contributed by atoms with Gasteiger partial charge < -0.3 is 0 Å². The Bertz CT molecular complexity index is 1130. The molecule has 0 radical (unpaired) electrons. The van der Waals surface area contributed by atoms with E-state index in [9.17, 15) is 21.6 Å². The molecule has 0 bridgehead atoms. The first-order valence-electron chi connectivity index (χ1n) is 11.4. The number of hydrogen-bond donors (Lipinski definition) is 0. The fourth-order valence-corrected chi connectivity index (χ4v) is 7.99. The summed E-state index contributed by atoms with van der Waals surface area (Å²) in [5.41, 5.74) is -0.514. The number of halogens is 3. The fourth-order valence-electron chi connectivity index (χ4n) is 5.74. The first-order valence-corrected chi connectivity index (χ1v) is 13.2. The first kappa shape index (κ1) is 22.8. The summed E-state index contributed by atoms with van der Waals surface area (Å²) in [4.78, 5) is 10.7. The van der Waals surface area contributed by atoms with E-state index in [1.54, 1.807) is 0 Å². The van der Waals surface area contributed by atoms with E-state index < -0.39 is 21.7 Å². The Balaban J connectivity index is 1.32. The van der Waals surface area contributed by atoms with Crippen LogP contribution in [0.25, 0.3) is 11.4 Å². The lowest BCUT2D eigenvalue weighted by atomic mass is 9.91. The number of hydrogen-bond acceptors (Lipinski definition) is 6. The van der Waals surface area contributed by atoms with Gasteiger partial charge in [-0.3, -0.25) is 9.88 Å². The zero-order chi connectivity index (χ0) is 23.6. The van der Waals surface area contributed by atoms with Crippen LogP contribution in [0.2, 0.25) is 0 Å². The normalized spacial score (nSPS) is 26.8. The van der Waals surface area contributed by atoms with Crippen LogP contribution in [0.4, 0.5) is 13.2 Å².